The number of carbonyl (C=O) groups is 2. The Bertz CT molecular complexity index is 837. The maximum atomic E-state index is 12.7. The molecule has 0 saturated carbocycles. The number of esters is 1. The summed E-state index contributed by atoms with van der Waals surface area (Å²) in [6.07, 6.45) is 1.52. The Labute approximate surface area is 140 Å². The van der Waals surface area contributed by atoms with Crippen molar-refractivity contribution >= 4 is 28.5 Å². The quantitative estimate of drug-likeness (QED) is 0.855. The van der Waals surface area contributed by atoms with Gasteiger partial charge in [-0.25, -0.2) is 4.79 Å². The van der Waals surface area contributed by atoms with Gasteiger partial charge in [-0.05, 0) is 32.0 Å². The van der Waals surface area contributed by atoms with Crippen LogP contribution in [-0.2, 0) is 16.1 Å². The second kappa shape index (κ2) is 7.29. The first-order valence-electron chi connectivity index (χ1n) is 8.04. The molecule has 0 aliphatic rings. The molecule has 0 radical (unpaired) electrons. The van der Waals surface area contributed by atoms with Gasteiger partial charge in [0.05, 0.1) is 12.1 Å². The van der Waals surface area contributed by atoms with E-state index >= 15 is 0 Å². The van der Waals surface area contributed by atoms with E-state index in [9.17, 15) is 14.4 Å². The van der Waals surface area contributed by atoms with Gasteiger partial charge in [-0.1, -0.05) is 13.8 Å². The summed E-state index contributed by atoms with van der Waals surface area (Å²) in [5.41, 5.74) is 0.840. The molecule has 1 heterocycles. The molecule has 0 unspecified atom stereocenters. The van der Waals surface area contributed by atoms with Crippen LogP contribution in [-0.4, -0.2) is 23.1 Å². The highest BCUT2D eigenvalue weighted by Gasteiger charge is 2.17. The molecule has 1 aromatic heterocycles. The number of hydrogen-bond acceptors (Lipinski definition) is 4. The van der Waals surface area contributed by atoms with E-state index in [0.29, 0.717) is 23.1 Å². The molecule has 24 heavy (non-hydrogen) atoms. The van der Waals surface area contributed by atoms with Crippen molar-refractivity contribution in [2.45, 2.75) is 34.2 Å². The van der Waals surface area contributed by atoms with Crippen LogP contribution in [0.2, 0.25) is 0 Å². The van der Waals surface area contributed by atoms with Crippen molar-refractivity contribution in [1.82, 2.24) is 4.57 Å². The largest absolute Gasteiger partial charge is 0.462 e. The minimum atomic E-state index is -0.636. The lowest BCUT2D eigenvalue weighted by molar-refractivity contribution is -0.118. The van der Waals surface area contributed by atoms with E-state index in [0.717, 1.165) is 0 Å². The molecule has 128 valence electrons. The van der Waals surface area contributed by atoms with Crippen molar-refractivity contribution in [1.29, 1.82) is 0 Å². The number of nitrogens with zero attached hydrogens (tertiary/aromatic N) is 1. The molecule has 1 N–H and O–H groups in total. The Hall–Kier alpha value is -2.63. The van der Waals surface area contributed by atoms with E-state index in [2.05, 4.69) is 5.32 Å². The average Bonchev–Trinajstić information content (AvgIpc) is 2.55. The number of anilines is 1. The molecular formula is C18H22N2O4. The van der Waals surface area contributed by atoms with E-state index in [4.69, 9.17) is 4.74 Å². The molecular weight excluding hydrogens is 308 g/mol. The fourth-order valence-electron chi connectivity index (χ4n) is 2.38. The van der Waals surface area contributed by atoms with Crippen LogP contribution in [0.1, 0.15) is 38.1 Å². The summed E-state index contributed by atoms with van der Waals surface area (Å²) in [4.78, 5) is 36.5. The Morgan fingerprint density at radius 3 is 2.54 bits per heavy atom. The number of carbonyl (C=O) groups excluding carboxylic acids is 2. The molecule has 0 atom stereocenters. The molecule has 0 aliphatic heterocycles. The van der Waals surface area contributed by atoms with Gasteiger partial charge in [0, 0.05) is 29.7 Å². The smallest absolute Gasteiger partial charge is 0.343 e. The van der Waals surface area contributed by atoms with Gasteiger partial charge in [0.2, 0.25) is 11.3 Å². The monoisotopic (exact) mass is 330 g/mol. The zero-order valence-electron chi connectivity index (χ0n) is 14.4. The number of aryl methyl sites for hydroxylation is 1. The van der Waals surface area contributed by atoms with Gasteiger partial charge in [-0.15, -0.1) is 0 Å². The van der Waals surface area contributed by atoms with Gasteiger partial charge in [-0.2, -0.15) is 0 Å². The van der Waals surface area contributed by atoms with Gasteiger partial charge < -0.3 is 14.6 Å². The van der Waals surface area contributed by atoms with Crippen molar-refractivity contribution in [3.05, 3.63) is 40.2 Å². The van der Waals surface area contributed by atoms with Crippen molar-refractivity contribution in [2.24, 2.45) is 5.92 Å². The highest BCUT2D eigenvalue weighted by Crippen LogP contribution is 2.18. The summed E-state index contributed by atoms with van der Waals surface area (Å²) < 4.78 is 6.78. The maximum absolute atomic E-state index is 12.7. The number of nitrogens with one attached hydrogen (secondary N) is 1. The van der Waals surface area contributed by atoms with Crippen LogP contribution in [0.5, 0.6) is 0 Å². The minimum absolute atomic E-state index is 0.00136. The summed E-state index contributed by atoms with van der Waals surface area (Å²) in [5.74, 6) is -0.936. The van der Waals surface area contributed by atoms with Crippen LogP contribution in [0, 0.1) is 5.92 Å². The van der Waals surface area contributed by atoms with Gasteiger partial charge in [0.15, 0.2) is 0 Å². The highest BCUT2D eigenvalue weighted by molar-refractivity contribution is 5.97. The summed E-state index contributed by atoms with van der Waals surface area (Å²) in [6, 6.07) is 5.12. The molecule has 0 bridgehead atoms. The molecule has 0 aliphatic carbocycles. The van der Waals surface area contributed by atoms with Crippen molar-refractivity contribution in [2.75, 3.05) is 11.9 Å². The van der Waals surface area contributed by atoms with Crippen molar-refractivity contribution in [3.63, 3.8) is 0 Å². The van der Waals surface area contributed by atoms with Crippen LogP contribution in [0.4, 0.5) is 5.69 Å². The zero-order valence-corrected chi connectivity index (χ0v) is 14.4. The van der Waals surface area contributed by atoms with E-state index in [-0.39, 0.29) is 24.0 Å². The van der Waals surface area contributed by atoms with Crippen LogP contribution in [0.25, 0.3) is 10.9 Å². The SMILES string of the molecule is CCOC(=O)c1cn(CC)c2ccc(NC(=O)C(C)C)cc2c1=O. The Kier molecular flexibility index (Phi) is 5.39. The topological polar surface area (TPSA) is 77.4 Å². The number of amides is 1. The normalized spacial score (nSPS) is 10.9. The molecule has 0 spiro atoms. The number of benzene rings is 1. The first-order valence-corrected chi connectivity index (χ1v) is 8.04. The summed E-state index contributed by atoms with van der Waals surface area (Å²) in [5, 5.41) is 3.15. The van der Waals surface area contributed by atoms with Crippen molar-refractivity contribution in [3.8, 4) is 0 Å². The number of ether oxygens (including phenoxy) is 1. The van der Waals surface area contributed by atoms with E-state index in [1.165, 1.54) is 6.20 Å². The third-order valence-corrected chi connectivity index (χ3v) is 3.71. The predicted molar refractivity (Wildman–Crippen MR) is 93.3 cm³/mol. The molecule has 0 fully saturated rings. The third-order valence-electron chi connectivity index (χ3n) is 3.71. The van der Waals surface area contributed by atoms with E-state index in [1.807, 2.05) is 11.5 Å². The van der Waals surface area contributed by atoms with E-state index < -0.39 is 11.4 Å². The number of pyridine rings is 1. The first-order chi connectivity index (χ1) is 11.4. The van der Waals surface area contributed by atoms with Crippen LogP contribution in [0.15, 0.2) is 29.2 Å². The summed E-state index contributed by atoms with van der Waals surface area (Å²) in [7, 11) is 0. The molecule has 2 aromatic rings. The number of rotatable bonds is 5. The predicted octanol–water partition coefficient (Wildman–Crippen LogP) is 2.79. The summed E-state index contributed by atoms with van der Waals surface area (Å²) in [6.45, 7) is 8.00. The average molecular weight is 330 g/mol. The lowest BCUT2D eigenvalue weighted by Crippen LogP contribution is -2.21. The number of aromatic nitrogens is 1. The van der Waals surface area contributed by atoms with Crippen LogP contribution in [0.3, 0.4) is 0 Å². The third kappa shape index (κ3) is 3.48. The molecule has 2 rings (SSSR count). The first kappa shape index (κ1) is 17.7. The molecule has 6 heteroatoms. The van der Waals surface area contributed by atoms with Gasteiger partial charge >= 0.3 is 5.97 Å². The van der Waals surface area contributed by atoms with Gasteiger partial charge in [0.25, 0.3) is 0 Å². The van der Waals surface area contributed by atoms with Gasteiger partial charge in [0.1, 0.15) is 5.56 Å². The molecule has 1 aromatic carbocycles. The fraction of sp³-hybridized carbons (Fsp3) is 0.389. The Morgan fingerprint density at radius 1 is 1.25 bits per heavy atom. The Morgan fingerprint density at radius 2 is 1.96 bits per heavy atom. The second-order valence-electron chi connectivity index (χ2n) is 5.75. The maximum Gasteiger partial charge on any atom is 0.343 e. The molecule has 1 amide bonds. The lowest BCUT2D eigenvalue weighted by Gasteiger charge is -2.13. The second-order valence-corrected chi connectivity index (χ2v) is 5.75. The van der Waals surface area contributed by atoms with E-state index in [1.54, 1.807) is 39.0 Å². The standard InChI is InChI=1S/C18H22N2O4/c1-5-20-10-14(18(23)24-6-2)16(21)13-9-12(7-8-15(13)20)19-17(22)11(3)4/h7-11H,5-6H2,1-4H3,(H,19,22). The lowest BCUT2D eigenvalue weighted by atomic mass is 10.1. The zero-order chi connectivity index (χ0) is 17.9. The molecule has 0 saturated heterocycles. The minimum Gasteiger partial charge on any atom is -0.462 e. The highest BCUT2D eigenvalue weighted by atomic mass is 16.5. The fourth-order valence-corrected chi connectivity index (χ4v) is 2.38. The number of fused-ring (bicyclic) bond motifs is 1. The van der Waals surface area contributed by atoms with Crippen LogP contribution < -0.4 is 10.7 Å². The van der Waals surface area contributed by atoms with Crippen molar-refractivity contribution < 1.29 is 14.3 Å². The van der Waals surface area contributed by atoms with Gasteiger partial charge in [-0.3, -0.25) is 9.59 Å². The molecule has 6 nitrogen and oxygen atoms in total. The number of hydrogen-bond donors (Lipinski definition) is 1. The summed E-state index contributed by atoms with van der Waals surface area (Å²) >= 11 is 0. The Balaban J connectivity index is 2.60. The van der Waals surface area contributed by atoms with Crippen LogP contribution >= 0.6 is 0 Å².